The molecule has 1 aliphatic rings. The summed E-state index contributed by atoms with van der Waals surface area (Å²) in [6, 6.07) is 0. The summed E-state index contributed by atoms with van der Waals surface area (Å²) in [5, 5.41) is 41.3. The minimum atomic E-state index is -1.46. The number of aliphatic hydroxyl groups excluding tert-OH is 4. The lowest BCUT2D eigenvalue weighted by atomic mass is 9.99. The molecule has 1 aliphatic heterocycles. The molecular weight excluding hydrogens is 438 g/mol. The van der Waals surface area contributed by atoms with Gasteiger partial charge in [-0.25, -0.2) is 0 Å². The molecule has 2 unspecified atom stereocenters. The van der Waals surface area contributed by atoms with Gasteiger partial charge >= 0.3 is 0 Å². The summed E-state index contributed by atoms with van der Waals surface area (Å²) >= 11 is 0. The highest BCUT2D eigenvalue weighted by molar-refractivity contribution is 5.75. The molecule has 1 fully saturated rings. The van der Waals surface area contributed by atoms with Crippen molar-refractivity contribution in [1.82, 2.24) is 5.32 Å². The van der Waals surface area contributed by atoms with Gasteiger partial charge in [-0.05, 0) is 6.42 Å². The van der Waals surface area contributed by atoms with Crippen molar-refractivity contribution in [2.45, 2.75) is 140 Å². The number of aliphatic hydroxyl groups is 4. The van der Waals surface area contributed by atoms with Crippen LogP contribution in [0.2, 0.25) is 0 Å². The van der Waals surface area contributed by atoms with Crippen molar-refractivity contribution in [2.24, 2.45) is 0 Å². The van der Waals surface area contributed by atoms with Crippen LogP contribution in [0.1, 0.15) is 110 Å². The van der Waals surface area contributed by atoms with Crippen LogP contribution in [-0.4, -0.2) is 76.8 Å². The van der Waals surface area contributed by atoms with E-state index >= 15 is 0 Å². The average molecular weight is 490 g/mol. The zero-order valence-electron chi connectivity index (χ0n) is 21.3. The Morgan fingerprint density at radius 2 is 1.26 bits per heavy atom. The highest BCUT2D eigenvalue weighted by atomic mass is 16.7. The van der Waals surface area contributed by atoms with Crippen molar-refractivity contribution in [3.05, 3.63) is 0 Å². The summed E-state index contributed by atoms with van der Waals surface area (Å²) in [7, 11) is 0. The summed E-state index contributed by atoms with van der Waals surface area (Å²) in [6.07, 6.45) is 13.4. The molecule has 0 aromatic rings. The molecule has 5 atom stereocenters. The number of rotatable bonds is 21. The molecule has 1 amide bonds. The van der Waals surface area contributed by atoms with Crippen molar-refractivity contribution in [1.29, 1.82) is 0 Å². The normalized spacial score (nSPS) is 24.9. The quantitative estimate of drug-likeness (QED) is 0.157. The molecule has 1 heterocycles. The van der Waals surface area contributed by atoms with E-state index in [9.17, 15) is 20.1 Å². The Labute approximate surface area is 206 Å². The molecule has 0 spiro atoms. The number of ether oxygens (including phenoxy) is 2. The fraction of sp³-hybridized carbons (Fsp3) is 0.962. The van der Waals surface area contributed by atoms with Gasteiger partial charge in [-0.1, -0.05) is 96.8 Å². The third-order valence-electron chi connectivity index (χ3n) is 6.56. The Bertz CT molecular complexity index is 492. The van der Waals surface area contributed by atoms with Crippen LogP contribution in [0, 0.1) is 0 Å². The molecule has 5 N–H and O–H groups in total. The maximum Gasteiger partial charge on any atom is 0.220 e. The van der Waals surface area contributed by atoms with Crippen LogP contribution >= 0.6 is 0 Å². The average Bonchev–Trinajstić information content (AvgIpc) is 2.84. The second-order valence-electron chi connectivity index (χ2n) is 9.62. The van der Waals surface area contributed by atoms with Crippen molar-refractivity contribution in [3.63, 3.8) is 0 Å². The zero-order valence-corrected chi connectivity index (χ0v) is 21.3. The topological polar surface area (TPSA) is 128 Å². The Balaban J connectivity index is 1.89. The van der Waals surface area contributed by atoms with E-state index in [1.807, 2.05) is 0 Å². The molecular formula is C26H51NO7. The fourth-order valence-corrected chi connectivity index (χ4v) is 4.32. The van der Waals surface area contributed by atoms with Crippen molar-refractivity contribution in [3.8, 4) is 0 Å². The monoisotopic (exact) mass is 489 g/mol. The zero-order chi connectivity index (χ0) is 25.0. The summed E-state index contributed by atoms with van der Waals surface area (Å²) in [5.74, 6) is -0.0351. The predicted octanol–water partition coefficient (Wildman–Crippen LogP) is 3.18. The third kappa shape index (κ3) is 14.0. The predicted molar refractivity (Wildman–Crippen MR) is 132 cm³/mol. The van der Waals surface area contributed by atoms with Crippen LogP contribution in [-0.2, 0) is 14.3 Å². The van der Waals surface area contributed by atoms with E-state index in [-0.39, 0.29) is 19.1 Å². The lowest BCUT2D eigenvalue weighted by molar-refractivity contribution is -0.300. The number of carbonyl (C=O) groups excluding carboxylic acids is 1. The molecule has 0 aromatic carbocycles. The number of unbranched alkanes of at least 4 members (excludes halogenated alkanes) is 14. The Hall–Kier alpha value is -0.770. The Morgan fingerprint density at radius 3 is 1.76 bits per heavy atom. The van der Waals surface area contributed by atoms with Crippen LogP contribution in [0.15, 0.2) is 0 Å². The number of nitrogens with one attached hydrogen (secondary N) is 1. The molecule has 8 heteroatoms. The van der Waals surface area contributed by atoms with E-state index in [2.05, 4.69) is 12.2 Å². The van der Waals surface area contributed by atoms with Crippen LogP contribution in [0.5, 0.6) is 0 Å². The van der Waals surface area contributed by atoms with Gasteiger partial charge in [-0.2, -0.15) is 0 Å². The molecule has 34 heavy (non-hydrogen) atoms. The second-order valence-corrected chi connectivity index (χ2v) is 9.62. The SMILES string of the molecule is CCCCCCCCCCCCCCCCCC(=O)NCCO[C@@H]1OC(CO)[C@H](O)[C@H](O)C1O. The van der Waals surface area contributed by atoms with Gasteiger partial charge in [0.1, 0.15) is 24.4 Å². The number of hydrogen-bond donors (Lipinski definition) is 5. The third-order valence-corrected chi connectivity index (χ3v) is 6.56. The number of carbonyl (C=O) groups is 1. The second kappa shape index (κ2) is 20.4. The van der Waals surface area contributed by atoms with E-state index in [1.54, 1.807) is 0 Å². The first-order valence-electron chi connectivity index (χ1n) is 13.7. The summed E-state index contributed by atoms with van der Waals surface area (Å²) < 4.78 is 10.6. The standard InChI is InChI=1S/C26H51NO7/c1-2-3-4-5-6-7-8-9-10-11-12-13-14-15-16-17-22(29)27-18-19-33-26-25(32)24(31)23(30)21(20-28)34-26/h21,23-26,28,30-32H,2-20H2,1H3,(H,27,29)/t21?,23-,24-,25?,26+/m0/s1. The summed E-state index contributed by atoms with van der Waals surface area (Å²) in [6.45, 7) is 2.11. The first-order valence-corrected chi connectivity index (χ1v) is 13.7. The van der Waals surface area contributed by atoms with Crippen molar-refractivity contribution >= 4 is 5.91 Å². The fourth-order valence-electron chi connectivity index (χ4n) is 4.32. The number of hydrogen-bond acceptors (Lipinski definition) is 7. The molecule has 0 aromatic heterocycles. The molecule has 202 valence electrons. The van der Waals surface area contributed by atoms with E-state index in [1.165, 1.54) is 83.5 Å². The van der Waals surface area contributed by atoms with Gasteiger partial charge in [0.25, 0.3) is 0 Å². The van der Waals surface area contributed by atoms with E-state index in [0.29, 0.717) is 6.42 Å². The van der Waals surface area contributed by atoms with Crippen molar-refractivity contribution < 1.29 is 34.7 Å². The summed E-state index contributed by atoms with van der Waals surface area (Å²) in [5.41, 5.74) is 0. The van der Waals surface area contributed by atoms with Gasteiger partial charge < -0.3 is 35.2 Å². The first-order chi connectivity index (χ1) is 16.5. The lowest BCUT2D eigenvalue weighted by Crippen LogP contribution is -2.59. The van der Waals surface area contributed by atoms with Gasteiger partial charge in [0.15, 0.2) is 6.29 Å². The van der Waals surface area contributed by atoms with Gasteiger partial charge in [0.05, 0.1) is 13.2 Å². The minimum Gasteiger partial charge on any atom is -0.394 e. The largest absolute Gasteiger partial charge is 0.394 e. The van der Waals surface area contributed by atoms with Crippen LogP contribution in [0.25, 0.3) is 0 Å². The smallest absolute Gasteiger partial charge is 0.220 e. The van der Waals surface area contributed by atoms with Crippen molar-refractivity contribution in [2.75, 3.05) is 19.8 Å². The van der Waals surface area contributed by atoms with Gasteiger partial charge in [-0.15, -0.1) is 0 Å². The molecule has 0 radical (unpaired) electrons. The van der Waals surface area contributed by atoms with Gasteiger partial charge in [0.2, 0.25) is 5.91 Å². The van der Waals surface area contributed by atoms with Gasteiger partial charge in [0, 0.05) is 13.0 Å². The summed E-state index contributed by atoms with van der Waals surface area (Å²) in [4.78, 5) is 11.9. The Morgan fingerprint density at radius 1 is 0.765 bits per heavy atom. The molecule has 8 nitrogen and oxygen atoms in total. The molecule has 1 saturated heterocycles. The molecule has 0 saturated carbocycles. The maximum atomic E-state index is 11.9. The number of amides is 1. The molecule has 0 bridgehead atoms. The Kier molecular flexibility index (Phi) is 18.8. The minimum absolute atomic E-state index is 0.0351. The highest BCUT2D eigenvalue weighted by Crippen LogP contribution is 2.21. The van der Waals surface area contributed by atoms with Crippen LogP contribution in [0.3, 0.4) is 0 Å². The van der Waals surface area contributed by atoms with E-state index in [4.69, 9.17) is 14.6 Å². The molecule has 0 aliphatic carbocycles. The molecule has 1 rings (SSSR count). The van der Waals surface area contributed by atoms with E-state index < -0.39 is 37.3 Å². The highest BCUT2D eigenvalue weighted by Gasteiger charge is 2.43. The van der Waals surface area contributed by atoms with Crippen LogP contribution < -0.4 is 5.32 Å². The van der Waals surface area contributed by atoms with Crippen LogP contribution in [0.4, 0.5) is 0 Å². The van der Waals surface area contributed by atoms with Gasteiger partial charge in [-0.3, -0.25) is 4.79 Å². The maximum absolute atomic E-state index is 11.9. The first kappa shape index (κ1) is 31.3. The lowest BCUT2D eigenvalue weighted by Gasteiger charge is -2.39. The van der Waals surface area contributed by atoms with E-state index in [0.717, 1.165) is 12.8 Å².